The smallest absolute Gasteiger partial charge is 0.277 e. The van der Waals surface area contributed by atoms with Crippen molar-refractivity contribution in [1.29, 1.82) is 0 Å². The molecule has 0 atom stereocenters. The summed E-state index contributed by atoms with van der Waals surface area (Å²) in [7, 11) is 0. The Balaban J connectivity index is 1.87. The number of hydrogen-bond acceptors (Lipinski definition) is 6. The number of benzene rings is 1. The Morgan fingerprint density at radius 2 is 1.71 bits per heavy atom. The summed E-state index contributed by atoms with van der Waals surface area (Å²) in [5, 5.41) is 9.20. The van der Waals surface area contributed by atoms with Crippen molar-refractivity contribution in [2.45, 2.75) is 40.2 Å². The van der Waals surface area contributed by atoms with E-state index in [2.05, 4.69) is 4.90 Å². The van der Waals surface area contributed by atoms with Crippen molar-refractivity contribution in [3.63, 3.8) is 0 Å². The van der Waals surface area contributed by atoms with Gasteiger partial charge in [0, 0.05) is 45.9 Å². The SMILES string of the molecule is Cc1ccc(C2=C(N3CCN(CCO)CC3)C(=O)N(CCCOC(C)C)C2=O)cc1C. The fraction of sp³-hybridized carbons (Fsp3) is 0.583. The molecule has 0 radical (unpaired) electrons. The Morgan fingerprint density at radius 1 is 1.00 bits per heavy atom. The van der Waals surface area contributed by atoms with Gasteiger partial charge in [0.15, 0.2) is 0 Å². The summed E-state index contributed by atoms with van der Waals surface area (Å²) in [5.41, 5.74) is 4.08. The van der Waals surface area contributed by atoms with Crippen LogP contribution in [-0.2, 0) is 14.3 Å². The van der Waals surface area contributed by atoms with Crippen molar-refractivity contribution in [2.24, 2.45) is 0 Å². The predicted molar refractivity (Wildman–Crippen MR) is 120 cm³/mol. The molecule has 0 bridgehead atoms. The molecule has 1 aromatic carbocycles. The minimum atomic E-state index is -0.217. The largest absolute Gasteiger partial charge is 0.395 e. The van der Waals surface area contributed by atoms with Gasteiger partial charge in [0.1, 0.15) is 5.70 Å². The highest BCUT2D eigenvalue weighted by Gasteiger charge is 2.41. The third-order valence-electron chi connectivity index (χ3n) is 6.02. The van der Waals surface area contributed by atoms with Gasteiger partial charge in [0.05, 0.1) is 18.3 Å². The zero-order valence-corrected chi connectivity index (χ0v) is 19.2. The van der Waals surface area contributed by atoms with E-state index in [1.807, 2.05) is 50.8 Å². The summed E-state index contributed by atoms with van der Waals surface area (Å²) in [4.78, 5) is 32.4. The molecule has 0 unspecified atom stereocenters. The summed E-state index contributed by atoms with van der Waals surface area (Å²) in [6.07, 6.45) is 0.743. The Hall–Kier alpha value is -2.22. The maximum absolute atomic E-state index is 13.4. The molecule has 7 nitrogen and oxygen atoms in total. The molecule has 170 valence electrons. The van der Waals surface area contributed by atoms with Gasteiger partial charge >= 0.3 is 0 Å². The number of aliphatic hydroxyl groups excluding tert-OH is 1. The molecule has 3 rings (SSSR count). The highest BCUT2D eigenvalue weighted by molar-refractivity contribution is 6.35. The third-order valence-corrected chi connectivity index (χ3v) is 6.02. The van der Waals surface area contributed by atoms with E-state index in [0.717, 1.165) is 29.8 Å². The van der Waals surface area contributed by atoms with Crippen LogP contribution in [0.25, 0.3) is 5.57 Å². The van der Waals surface area contributed by atoms with E-state index in [4.69, 9.17) is 4.74 Å². The number of rotatable bonds is 9. The zero-order valence-electron chi connectivity index (χ0n) is 19.2. The van der Waals surface area contributed by atoms with Crippen molar-refractivity contribution in [3.8, 4) is 0 Å². The van der Waals surface area contributed by atoms with Crippen LogP contribution in [0.1, 0.15) is 37.0 Å². The number of aryl methyl sites for hydroxylation is 2. The van der Waals surface area contributed by atoms with Crippen LogP contribution in [0.2, 0.25) is 0 Å². The maximum atomic E-state index is 13.4. The van der Waals surface area contributed by atoms with Crippen LogP contribution in [0.4, 0.5) is 0 Å². The first-order valence-electron chi connectivity index (χ1n) is 11.2. The van der Waals surface area contributed by atoms with Crippen LogP contribution in [-0.4, -0.2) is 90.2 Å². The second-order valence-electron chi connectivity index (χ2n) is 8.61. The van der Waals surface area contributed by atoms with E-state index in [9.17, 15) is 14.7 Å². The van der Waals surface area contributed by atoms with Gasteiger partial charge in [-0.3, -0.25) is 19.4 Å². The lowest BCUT2D eigenvalue weighted by Gasteiger charge is -2.36. The molecular weight excluding hydrogens is 394 g/mol. The first kappa shape index (κ1) is 23.4. The molecule has 1 fully saturated rings. The summed E-state index contributed by atoms with van der Waals surface area (Å²) < 4.78 is 5.59. The number of β-amino-alcohol motifs (C(OH)–C–C–N with tert-alkyl or cyclic N) is 1. The molecule has 31 heavy (non-hydrogen) atoms. The Kier molecular flexibility index (Phi) is 7.86. The normalized spacial score (nSPS) is 18.1. The van der Waals surface area contributed by atoms with E-state index in [-0.39, 0.29) is 24.5 Å². The number of amides is 2. The molecule has 1 aromatic rings. The van der Waals surface area contributed by atoms with Gasteiger partial charge in [-0.05, 0) is 50.8 Å². The highest BCUT2D eigenvalue weighted by atomic mass is 16.5. The second kappa shape index (κ2) is 10.4. The van der Waals surface area contributed by atoms with Crippen LogP contribution in [0.5, 0.6) is 0 Å². The van der Waals surface area contributed by atoms with Crippen molar-refractivity contribution >= 4 is 17.4 Å². The number of carbonyl (C=O) groups excluding carboxylic acids is 2. The Bertz CT molecular complexity index is 841. The topological polar surface area (TPSA) is 73.3 Å². The molecule has 7 heteroatoms. The van der Waals surface area contributed by atoms with Crippen molar-refractivity contribution < 1.29 is 19.4 Å². The zero-order chi connectivity index (χ0) is 22.5. The molecular formula is C24H35N3O4. The lowest BCUT2D eigenvalue weighted by atomic mass is 9.99. The third kappa shape index (κ3) is 5.34. The second-order valence-corrected chi connectivity index (χ2v) is 8.61. The van der Waals surface area contributed by atoms with Crippen LogP contribution < -0.4 is 0 Å². The van der Waals surface area contributed by atoms with Crippen molar-refractivity contribution in [3.05, 3.63) is 40.6 Å². The van der Waals surface area contributed by atoms with Gasteiger partial charge in [-0.1, -0.05) is 18.2 Å². The molecule has 1 N–H and O–H groups in total. The molecule has 2 heterocycles. The van der Waals surface area contributed by atoms with Crippen LogP contribution in [0.3, 0.4) is 0 Å². The number of ether oxygens (including phenoxy) is 1. The van der Waals surface area contributed by atoms with Crippen LogP contribution >= 0.6 is 0 Å². The molecule has 2 aliphatic rings. The molecule has 0 aromatic heterocycles. The number of imide groups is 1. The Morgan fingerprint density at radius 3 is 2.32 bits per heavy atom. The van der Waals surface area contributed by atoms with E-state index in [0.29, 0.717) is 50.5 Å². The summed E-state index contributed by atoms with van der Waals surface area (Å²) in [6, 6.07) is 5.95. The summed E-state index contributed by atoms with van der Waals surface area (Å²) >= 11 is 0. The standard InChI is InChI=1S/C24H35N3O4/c1-17(2)31-15-5-8-27-23(29)21(20-7-6-18(3)19(4)16-20)22(24(27)30)26-11-9-25(10-12-26)13-14-28/h6-7,16-17,28H,5,8-15H2,1-4H3. The van der Waals surface area contributed by atoms with Gasteiger partial charge in [-0.15, -0.1) is 0 Å². The highest BCUT2D eigenvalue weighted by Crippen LogP contribution is 2.33. The average molecular weight is 430 g/mol. The van der Waals surface area contributed by atoms with E-state index in [1.54, 1.807) is 0 Å². The molecule has 1 saturated heterocycles. The number of carbonyl (C=O) groups is 2. The maximum Gasteiger partial charge on any atom is 0.277 e. The first-order valence-corrected chi connectivity index (χ1v) is 11.2. The summed E-state index contributed by atoms with van der Waals surface area (Å²) in [6.45, 7) is 12.5. The fourth-order valence-electron chi connectivity index (χ4n) is 4.10. The van der Waals surface area contributed by atoms with Gasteiger partial charge in [-0.25, -0.2) is 0 Å². The number of nitrogens with zero attached hydrogens (tertiary/aromatic N) is 3. The van der Waals surface area contributed by atoms with Crippen LogP contribution in [0.15, 0.2) is 23.9 Å². The fourth-order valence-corrected chi connectivity index (χ4v) is 4.10. The number of piperazine rings is 1. The molecule has 0 aliphatic carbocycles. The number of hydrogen-bond donors (Lipinski definition) is 1. The Labute approximate surface area is 185 Å². The van der Waals surface area contributed by atoms with Crippen molar-refractivity contribution in [1.82, 2.24) is 14.7 Å². The summed E-state index contributed by atoms with van der Waals surface area (Å²) in [5.74, 6) is -0.427. The van der Waals surface area contributed by atoms with E-state index in [1.165, 1.54) is 4.90 Å². The lowest BCUT2D eigenvalue weighted by molar-refractivity contribution is -0.137. The van der Waals surface area contributed by atoms with E-state index >= 15 is 0 Å². The molecule has 0 saturated carbocycles. The first-order chi connectivity index (χ1) is 14.8. The minimum absolute atomic E-state index is 0.125. The monoisotopic (exact) mass is 429 g/mol. The van der Waals surface area contributed by atoms with Crippen molar-refractivity contribution in [2.75, 3.05) is 52.5 Å². The van der Waals surface area contributed by atoms with Gasteiger partial charge < -0.3 is 14.7 Å². The van der Waals surface area contributed by atoms with E-state index < -0.39 is 0 Å². The van der Waals surface area contributed by atoms with Crippen LogP contribution in [0, 0.1) is 13.8 Å². The molecule has 0 spiro atoms. The van der Waals surface area contributed by atoms with Gasteiger partial charge in [0.25, 0.3) is 11.8 Å². The quantitative estimate of drug-likeness (QED) is 0.477. The predicted octanol–water partition coefficient (Wildman–Crippen LogP) is 1.81. The van der Waals surface area contributed by atoms with Gasteiger partial charge in [0.2, 0.25) is 0 Å². The minimum Gasteiger partial charge on any atom is -0.395 e. The average Bonchev–Trinajstić information content (AvgIpc) is 2.98. The number of aliphatic hydroxyl groups is 1. The molecule has 2 amide bonds. The molecule has 2 aliphatic heterocycles. The van der Waals surface area contributed by atoms with Gasteiger partial charge in [-0.2, -0.15) is 0 Å². The lowest BCUT2D eigenvalue weighted by Crippen LogP contribution is -2.48.